The van der Waals surface area contributed by atoms with E-state index in [4.69, 9.17) is 9.15 Å². The van der Waals surface area contributed by atoms with Gasteiger partial charge in [0.25, 0.3) is 0 Å². The van der Waals surface area contributed by atoms with Gasteiger partial charge >= 0.3 is 0 Å². The van der Waals surface area contributed by atoms with Crippen LogP contribution in [0.4, 0.5) is 5.69 Å². The summed E-state index contributed by atoms with van der Waals surface area (Å²) in [6.45, 7) is -0.103. The van der Waals surface area contributed by atoms with Crippen molar-refractivity contribution in [3.63, 3.8) is 0 Å². The Bertz CT molecular complexity index is 1960. The molecule has 9 heteroatoms. The number of benzene rings is 4. The van der Waals surface area contributed by atoms with E-state index < -0.39 is 6.04 Å². The van der Waals surface area contributed by atoms with E-state index in [9.17, 15) is 9.59 Å². The van der Waals surface area contributed by atoms with E-state index in [0.717, 1.165) is 47.6 Å². The fourth-order valence-corrected chi connectivity index (χ4v) is 6.27. The monoisotopic (exact) mass is 587 g/mol. The van der Waals surface area contributed by atoms with Gasteiger partial charge in [-0.25, -0.2) is 4.68 Å². The summed E-state index contributed by atoms with van der Waals surface area (Å²) in [6.07, 6.45) is 5.16. The fourth-order valence-electron chi connectivity index (χ4n) is 6.27. The van der Waals surface area contributed by atoms with Gasteiger partial charge in [-0.15, -0.1) is 5.10 Å². The zero-order chi connectivity index (χ0) is 30.0. The maximum atomic E-state index is 14.5. The highest BCUT2D eigenvalue weighted by atomic mass is 16.5. The van der Waals surface area contributed by atoms with E-state index in [1.165, 1.54) is 6.42 Å². The van der Waals surface area contributed by atoms with Crippen LogP contribution in [0.2, 0.25) is 0 Å². The Morgan fingerprint density at radius 3 is 2.50 bits per heavy atom. The van der Waals surface area contributed by atoms with Gasteiger partial charge in [-0.1, -0.05) is 66.9 Å². The van der Waals surface area contributed by atoms with Crippen LogP contribution in [0.15, 0.2) is 95.4 Å². The normalized spacial score (nSPS) is 14.6. The lowest BCUT2D eigenvalue weighted by atomic mass is 9.94. The van der Waals surface area contributed by atoms with E-state index in [2.05, 4.69) is 15.6 Å². The molecule has 1 fully saturated rings. The number of para-hydroxylation sites is 2. The van der Waals surface area contributed by atoms with Crippen molar-refractivity contribution in [2.45, 2.75) is 50.7 Å². The Kier molecular flexibility index (Phi) is 7.43. The molecule has 6 aromatic rings. The number of carbonyl (C=O) groups is 2. The smallest absolute Gasteiger partial charge is 0.249 e. The predicted octanol–water partition coefficient (Wildman–Crippen LogP) is 6.56. The van der Waals surface area contributed by atoms with Crippen LogP contribution in [-0.4, -0.2) is 40.0 Å². The molecule has 0 saturated heterocycles. The van der Waals surface area contributed by atoms with Gasteiger partial charge < -0.3 is 14.5 Å². The molecule has 9 nitrogen and oxygen atoms in total. The number of nitrogens with zero attached hydrogens (tertiary/aromatic N) is 4. The van der Waals surface area contributed by atoms with Gasteiger partial charge in [-0.05, 0) is 66.9 Å². The molecule has 0 spiro atoms. The minimum Gasteiger partial charge on any atom is -0.497 e. The topological polar surface area (TPSA) is 102 Å². The molecule has 1 atom stereocenters. The van der Waals surface area contributed by atoms with Crippen molar-refractivity contribution in [3.8, 4) is 5.75 Å². The van der Waals surface area contributed by atoms with Gasteiger partial charge in [-0.3, -0.25) is 14.5 Å². The summed E-state index contributed by atoms with van der Waals surface area (Å²) in [7, 11) is 1.60. The minimum atomic E-state index is -0.944. The summed E-state index contributed by atoms with van der Waals surface area (Å²) >= 11 is 0. The number of anilines is 1. The summed E-state index contributed by atoms with van der Waals surface area (Å²) < 4.78 is 13.1. The highest BCUT2D eigenvalue weighted by molar-refractivity contribution is 6.08. The molecule has 2 heterocycles. The number of aromatic nitrogens is 3. The van der Waals surface area contributed by atoms with E-state index >= 15 is 0 Å². The molecule has 0 aliphatic heterocycles. The fraction of sp³-hybridized carbons (Fsp3) is 0.257. The molecule has 1 aliphatic rings. The number of hydrogen-bond donors (Lipinski definition) is 1. The van der Waals surface area contributed by atoms with Gasteiger partial charge in [0.05, 0.1) is 12.6 Å². The lowest BCUT2D eigenvalue weighted by Gasteiger charge is -2.33. The maximum Gasteiger partial charge on any atom is 0.249 e. The van der Waals surface area contributed by atoms with Crippen molar-refractivity contribution in [3.05, 3.63) is 96.6 Å². The second-order valence-corrected chi connectivity index (χ2v) is 11.3. The number of hydrogen-bond acceptors (Lipinski definition) is 6. The zero-order valence-electron chi connectivity index (χ0n) is 24.5. The van der Waals surface area contributed by atoms with Gasteiger partial charge in [0.15, 0.2) is 0 Å². The lowest BCUT2D eigenvalue weighted by Crippen LogP contribution is -2.48. The summed E-state index contributed by atoms with van der Waals surface area (Å²) in [5.74, 6) is 0.141. The van der Waals surface area contributed by atoms with Crippen molar-refractivity contribution < 1.29 is 18.7 Å². The van der Waals surface area contributed by atoms with Crippen LogP contribution in [0.1, 0.15) is 43.7 Å². The molecule has 1 unspecified atom stereocenters. The van der Waals surface area contributed by atoms with Crippen molar-refractivity contribution in [1.29, 1.82) is 0 Å². The van der Waals surface area contributed by atoms with Crippen molar-refractivity contribution in [1.82, 2.24) is 20.3 Å². The first-order valence-electron chi connectivity index (χ1n) is 15.0. The van der Waals surface area contributed by atoms with Gasteiger partial charge in [-0.2, -0.15) is 0 Å². The molecule has 7 rings (SSSR count). The van der Waals surface area contributed by atoms with Crippen LogP contribution in [0, 0.1) is 0 Å². The molecule has 1 saturated carbocycles. The third kappa shape index (κ3) is 5.25. The maximum absolute atomic E-state index is 14.5. The number of amides is 2. The van der Waals surface area contributed by atoms with E-state index in [1.54, 1.807) is 16.7 Å². The molecule has 44 heavy (non-hydrogen) atoms. The lowest BCUT2D eigenvalue weighted by molar-refractivity contribution is -0.127. The second-order valence-electron chi connectivity index (χ2n) is 11.3. The number of rotatable bonds is 8. The SMILES string of the molecule is COc1ccc(C(C(=O)NC2CCCCC2)N(C(=O)Cn2nnc3ccccc32)c2ccc3oc4ccccc4c3c2)cc1. The highest BCUT2D eigenvalue weighted by Gasteiger charge is 2.35. The number of nitrogens with one attached hydrogen (secondary N) is 1. The first-order valence-corrected chi connectivity index (χ1v) is 15.0. The first-order chi connectivity index (χ1) is 21.6. The Balaban J connectivity index is 1.36. The molecule has 222 valence electrons. The van der Waals surface area contributed by atoms with Gasteiger partial charge in [0, 0.05) is 22.5 Å². The molecule has 0 bridgehead atoms. The highest BCUT2D eigenvalue weighted by Crippen LogP contribution is 2.36. The van der Waals surface area contributed by atoms with Gasteiger partial charge in [0.1, 0.15) is 35.0 Å². The van der Waals surface area contributed by atoms with Crippen molar-refractivity contribution in [2.75, 3.05) is 12.0 Å². The van der Waals surface area contributed by atoms with Crippen LogP contribution in [0.25, 0.3) is 33.0 Å². The van der Waals surface area contributed by atoms with Crippen LogP contribution in [-0.2, 0) is 16.1 Å². The quantitative estimate of drug-likeness (QED) is 0.216. The molecular weight excluding hydrogens is 554 g/mol. The zero-order valence-corrected chi connectivity index (χ0v) is 24.5. The van der Waals surface area contributed by atoms with Gasteiger partial charge in [0.2, 0.25) is 11.8 Å². The summed E-state index contributed by atoms with van der Waals surface area (Å²) in [6, 6.07) is 27.4. The average Bonchev–Trinajstić information content (AvgIpc) is 3.65. The molecule has 0 radical (unpaired) electrons. The molecule has 2 amide bonds. The standard InChI is InChI=1S/C35H33N5O4/c1-43-26-18-15-23(16-19-26)34(35(42)36-24-9-3-2-4-10-24)40(33(41)22-39-30-13-7-6-12-29(30)37-38-39)25-17-20-32-28(21-25)27-11-5-8-14-31(27)44-32/h5-8,11-21,24,34H,2-4,9-10,22H2,1H3,(H,36,42). The number of fused-ring (bicyclic) bond motifs is 4. The number of methoxy groups -OCH3 is 1. The third-order valence-electron chi connectivity index (χ3n) is 8.50. The third-order valence-corrected chi connectivity index (χ3v) is 8.50. The van der Waals surface area contributed by atoms with Crippen molar-refractivity contribution >= 4 is 50.5 Å². The van der Waals surface area contributed by atoms with E-state index in [1.807, 2.05) is 91.0 Å². The largest absolute Gasteiger partial charge is 0.497 e. The number of furan rings is 1. The van der Waals surface area contributed by atoms with Crippen LogP contribution >= 0.6 is 0 Å². The predicted molar refractivity (Wildman–Crippen MR) is 169 cm³/mol. The Labute approximate surface area is 254 Å². The second kappa shape index (κ2) is 11.8. The molecular formula is C35H33N5O4. The minimum absolute atomic E-state index is 0.0634. The Morgan fingerprint density at radius 1 is 0.932 bits per heavy atom. The van der Waals surface area contributed by atoms with Crippen molar-refractivity contribution in [2.24, 2.45) is 0 Å². The van der Waals surface area contributed by atoms with E-state index in [-0.39, 0.29) is 24.4 Å². The number of carbonyl (C=O) groups excluding carboxylic acids is 2. The van der Waals surface area contributed by atoms with E-state index in [0.29, 0.717) is 28.1 Å². The molecule has 2 aromatic heterocycles. The number of ether oxygens (including phenoxy) is 1. The Hall–Kier alpha value is -5.18. The van der Waals surface area contributed by atoms with Crippen LogP contribution in [0.3, 0.4) is 0 Å². The summed E-state index contributed by atoms with van der Waals surface area (Å²) in [4.78, 5) is 30.5. The molecule has 1 aliphatic carbocycles. The van der Waals surface area contributed by atoms with Crippen LogP contribution in [0.5, 0.6) is 5.75 Å². The average molecular weight is 588 g/mol. The molecule has 1 N–H and O–H groups in total. The van der Waals surface area contributed by atoms with Crippen LogP contribution < -0.4 is 15.0 Å². The first kappa shape index (κ1) is 27.6. The Morgan fingerprint density at radius 2 is 1.68 bits per heavy atom. The summed E-state index contributed by atoms with van der Waals surface area (Å²) in [5, 5.41) is 13.6. The molecule has 4 aromatic carbocycles. The summed E-state index contributed by atoms with van der Waals surface area (Å²) in [5.41, 5.74) is 4.15.